The van der Waals surface area contributed by atoms with Crippen molar-refractivity contribution in [1.29, 1.82) is 0 Å². The van der Waals surface area contributed by atoms with E-state index in [9.17, 15) is 0 Å². The van der Waals surface area contributed by atoms with E-state index in [0.717, 1.165) is 24.3 Å². The Morgan fingerprint density at radius 3 is 2.67 bits per heavy atom. The van der Waals surface area contributed by atoms with Crippen molar-refractivity contribution >= 4 is 11.6 Å². The summed E-state index contributed by atoms with van der Waals surface area (Å²) >= 11 is 6.09. The lowest BCUT2D eigenvalue weighted by Crippen LogP contribution is -2.24. The average Bonchev–Trinajstić information content (AvgIpc) is 2.88. The Labute approximate surface area is 132 Å². The van der Waals surface area contributed by atoms with Gasteiger partial charge in [-0.1, -0.05) is 54.4 Å². The maximum Gasteiger partial charge on any atom is 0.0408 e. The molecule has 0 fully saturated rings. The third kappa shape index (κ3) is 3.14. The van der Waals surface area contributed by atoms with E-state index in [1.165, 1.54) is 22.3 Å². The molecule has 0 saturated carbocycles. The SMILES string of the molecule is CCC(NC1CCc2cc(Cl)ccc21)c1ccc(C)cc1. The molecule has 0 amide bonds. The van der Waals surface area contributed by atoms with Crippen LogP contribution in [0.3, 0.4) is 0 Å². The van der Waals surface area contributed by atoms with Crippen molar-refractivity contribution in [1.82, 2.24) is 5.32 Å². The first-order valence-corrected chi connectivity index (χ1v) is 8.16. The Bertz CT molecular complexity index is 618. The lowest BCUT2D eigenvalue weighted by Gasteiger charge is -2.23. The zero-order chi connectivity index (χ0) is 14.8. The minimum Gasteiger partial charge on any atom is -0.303 e. The van der Waals surface area contributed by atoms with Crippen LogP contribution in [0.25, 0.3) is 0 Å². The molecule has 0 radical (unpaired) electrons. The highest BCUT2D eigenvalue weighted by atomic mass is 35.5. The minimum atomic E-state index is 0.414. The number of hydrogen-bond donors (Lipinski definition) is 1. The zero-order valence-electron chi connectivity index (χ0n) is 12.7. The van der Waals surface area contributed by atoms with Gasteiger partial charge < -0.3 is 5.32 Å². The number of hydrogen-bond acceptors (Lipinski definition) is 1. The Morgan fingerprint density at radius 1 is 1.19 bits per heavy atom. The average molecular weight is 300 g/mol. The van der Waals surface area contributed by atoms with Gasteiger partial charge in [0.25, 0.3) is 0 Å². The van der Waals surface area contributed by atoms with E-state index in [2.05, 4.69) is 55.6 Å². The molecule has 110 valence electrons. The molecule has 2 atom stereocenters. The predicted molar refractivity (Wildman–Crippen MR) is 89.9 cm³/mol. The summed E-state index contributed by atoms with van der Waals surface area (Å²) in [6, 6.07) is 16.1. The summed E-state index contributed by atoms with van der Waals surface area (Å²) in [6.07, 6.45) is 3.39. The van der Waals surface area contributed by atoms with Crippen LogP contribution in [0.1, 0.15) is 54.1 Å². The van der Waals surface area contributed by atoms with Crippen LogP contribution in [0.4, 0.5) is 0 Å². The molecule has 1 aliphatic rings. The van der Waals surface area contributed by atoms with E-state index >= 15 is 0 Å². The largest absolute Gasteiger partial charge is 0.303 e. The molecule has 0 spiro atoms. The molecule has 1 aliphatic carbocycles. The van der Waals surface area contributed by atoms with Crippen molar-refractivity contribution in [2.75, 3.05) is 0 Å². The third-order valence-corrected chi connectivity index (χ3v) is 4.71. The first-order chi connectivity index (χ1) is 10.2. The number of fused-ring (bicyclic) bond motifs is 1. The van der Waals surface area contributed by atoms with Crippen LogP contribution in [-0.2, 0) is 6.42 Å². The maximum absolute atomic E-state index is 6.09. The second-order valence-corrected chi connectivity index (χ2v) is 6.41. The maximum atomic E-state index is 6.09. The number of rotatable bonds is 4. The van der Waals surface area contributed by atoms with E-state index < -0.39 is 0 Å². The topological polar surface area (TPSA) is 12.0 Å². The summed E-state index contributed by atoms with van der Waals surface area (Å²) in [7, 11) is 0. The van der Waals surface area contributed by atoms with Crippen LogP contribution in [-0.4, -0.2) is 0 Å². The second-order valence-electron chi connectivity index (χ2n) is 5.97. The fourth-order valence-electron chi connectivity index (χ4n) is 3.25. The number of halogens is 1. The van der Waals surface area contributed by atoms with Crippen LogP contribution in [0.2, 0.25) is 5.02 Å². The number of aryl methyl sites for hydroxylation is 2. The summed E-state index contributed by atoms with van der Waals surface area (Å²) in [5.41, 5.74) is 5.52. The molecule has 0 heterocycles. The highest BCUT2D eigenvalue weighted by Crippen LogP contribution is 2.35. The Kier molecular flexibility index (Phi) is 4.32. The van der Waals surface area contributed by atoms with Crippen LogP contribution in [0.5, 0.6) is 0 Å². The van der Waals surface area contributed by atoms with Gasteiger partial charge in [0, 0.05) is 17.1 Å². The number of nitrogens with one attached hydrogen (secondary N) is 1. The number of benzene rings is 2. The van der Waals surface area contributed by atoms with E-state index in [-0.39, 0.29) is 0 Å². The highest BCUT2D eigenvalue weighted by Gasteiger charge is 2.24. The molecule has 2 aromatic carbocycles. The molecule has 2 aromatic rings. The summed E-state index contributed by atoms with van der Waals surface area (Å²) < 4.78 is 0. The van der Waals surface area contributed by atoms with Gasteiger partial charge in [0.1, 0.15) is 0 Å². The Hall–Kier alpha value is -1.31. The lowest BCUT2D eigenvalue weighted by molar-refractivity contribution is 0.433. The van der Waals surface area contributed by atoms with Crippen molar-refractivity contribution in [3.8, 4) is 0 Å². The van der Waals surface area contributed by atoms with Crippen molar-refractivity contribution in [2.45, 2.75) is 45.2 Å². The molecule has 0 aliphatic heterocycles. The molecular weight excluding hydrogens is 278 g/mol. The van der Waals surface area contributed by atoms with Gasteiger partial charge in [0.2, 0.25) is 0 Å². The summed E-state index contributed by atoms with van der Waals surface area (Å²) in [5.74, 6) is 0. The normalized spacial score (nSPS) is 18.5. The molecule has 3 rings (SSSR count). The molecule has 1 N–H and O–H groups in total. The molecular formula is C19H22ClN. The fraction of sp³-hybridized carbons (Fsp3) is 0.368. The van der Waals surface area contributed by atoms with Crippen molar-refractivity contribution in [2.24, 2.45) is 0 Å². The van der Waals surface area contributed by atoms with Gasteiger partial charge in [-0.2, -0.15) is 0 Å². The minimum absolute atomic E-state index is 0.414. The third-order valence-electron chi connectivity index (χ3n) is 4.47. The summed E-state index contributed by atoms with van der Waals surface area (Å²) in [4.78, 5) is 0. The standard InChI is InChI=1S/C19H22ClN/c1-3-18(14-6-4-13(2)5-7-14)21-19-11-8-15-12-16(20)9-10-17(15)19/h4-7,9-10,12,18-19,21H,3,8,11H2,1-2H3. The summed E-state index contributed by atoms with van der Waals surface area (Å²) in [5, 5.41) is 4.68. The summed E-state index contributed by atoms with van der Waals surface area (Å²) in [6.45, 7) is 4.38. The predicted octanol–water partition coefficient (Wildman–Crippen LogP) is 5.38. The Morgan fingerprint density at radius 2 is 1.95 bits per heavy atom. The van der Waals surface area contributed by atoms with Gasteiger partial charge in [0.15, 0.2) is 0 Å². The fourth-order valence-corrected chi connectivity index (χ4v) is 3.45. The smallest absolute Gasteiger partial charge is 0.0408 e. The van der Waals surface area contributed by atoms with Crippen LogP contribution in [0.15, 0.2) is 42.5 Å². The van der Waals surface area contributed by atoms with Crippen LogP contribution >= 0.6 is 11.6 Å². The van der Waals surface area contributed by atoms with Crippen molar-refractivity contribution < 1.29 is 0 Å². The van der Waals surface area contributed by atoms with Crippen LogP contribution in [0, 0.1) is 6.92 Å². The van der Waals surface area contributed by atoms with Crippen LogP contribution < -0.4 is 5.32 Å². The zero-order valence-corrected chi connectivity index (χ0v) is 13.5. The second kappa shape index (κ2) is 6.21. The van der Waals surface area contributed by atoms with Gasteiger partial charge in [-0.05, 0) is 55.0 Å². The van der Waals surface area contributed by atoms with Gasteiger partial charge in [-0.3, -0.25) is 0 Å². The molecule has 1 nitrogen and oxygen atoms in total. The van der Waals surface area contributed by atoms with Gasteiger partial charge >= 0.3 is 0 Å². The van der Waals surface area contributed by atoms with Gasteiger partial charge in [0.05, 0.1) is 0 Å². The van der Waals surface area contributed by atoms with E-state index in [1.807, 2.05) is 6.07 Å². The molecule has 0 aromatic heterocycles. The molecule has 21 heavy (non-hydrogen) atoms. The van der Waals surface area contributed by atoms with Crippen molar-refractivity contribution in [3.63, 3.8) is 0 Å². The quantitative estimate of drug-likeness (QED) is 0.799. The molecule has 2 unspecified atom stereocenters. The first kappa shape index (κ1) is 14.6. The molecule has 2 heteroatoms. The van der Waals surface area contributed by atoms with Crippen molar-refractivity contribution in [3.05, 3.63) is 69.7 Å². The first-order valence-electron chi connectivity index (χ1n) is 7.78. The van der Waals surface area contributed by atoms with Gasteiger partial charge in [-0.15, -0.1) is 0 Å². The van der Waals surface area contributed by atoms with E-state index in [0.29, 0.717) is 12.1 Å². The molecule has 0 saturated heterocycles. The Balaban J connectivity index is 1.78. The highest BCUT2D eigenvalue weighted by molar-refractivity contribution is 6.30. The van der Waals surface area contributed by atoms with E-state index in [4.69, 9.17) is 11.6 Å². The van der Waals surface area contributed by atoms with E-state index in [1.54, 1.807) is 0 Å². The lowest BCUT2D eigenvalue weighted by atomic mass is 10.0. The molecule has 0 bridgehead atoms. The van der Waals surface area contributed by atoms with Gasteiger partial charge in [-0.25, -0.2) is 0 Å². The monoisotopic (exact) mass is 299 g/mol.